The summed E-state index contributed by atoms with van der Waals surface area (Å²) in [5, 5.41) is 3.03. The summed E-state index contributed by atoms with van der Waals surface area (Å²) in [6.45, 7) is 3.87. The van der Waals surface area contributed by atoms with Crippen LogP contribution in [0.2, 0.25) is 0 Å². The second-order valence-electron chi connectivity index (χ2n) is 5.65. The largest absolute Gasteiger partial charge is 0.486 e. The maximum absolute atomic E-state index is 12.0. The Hall–Kier alpha value is -1.75. The minimum atomic E-state index is -0.0348. The van der Waals surface area contributed by atoms with E-state index in [-0.39, 0.29) is 11.9 Å². The molecule has 1 heterocycles. The second-order valence-corrected chi connectivity index (χ2v) is 5.65. The van der Waals surface area contributed by atoms with Crippen molar-refractivity contribution in [3.8, 4) is 11.5 Å². The van der Waals surface area contributed by atoms with Crippen molar-refractivity contribution in [1.29, 1.82) is 0 Å². The molecule has 0 saturated heterocycles. The number of benzene rings is 1. The van der Waals surface area contributed by atoms with Crippen molar-refractivity contribution >= 4 is 5.91 Å². The molecule has 0 spiro atoms. The van der Waals surface area contributed by atoms with Crippen LogP contribution in [-0.2, 0) is 4.79 Å². The third-order valence-electron chi connectivity index (χ3n) is 3.80. The number of nitrogens with one attached hydrogen (secondary N) is 1. The van der Waals surface area contributed by atoms with Gasteiger partial charge in [-0.25, -0.2) is 0 Å². The van der Waals surface area contributed by atoms with E-state index in [2.05, 4.69) is 5.32 Å². The van der Waals surface area contributed by atoms with Crippen LogP contribution in [0.5, 0.6) is 11.5 Å². The van der Waals surface area contributed by atoms with Crippen molar-refractivity contribution in [2.24, 2.45) is 5.73 Å². The highest BCUT2D eigenvalue weighted by molar-refractivity contribution is 5.76. The number of carbonyl (C=O) groups excluding carboxylic acids is 1. The summed E-state index contributed by atoms with van der Waals surface area (Å²) in [6, 6.07) is 5.78. The summed E-state index contributed by atoms with van der Waals surface area (Å²) < 4.78 is 11.1. The van der Waals surface area contributed by atoms with Gasteiger partial charge in [0.25, 0.3) is 0 Å². The van der Waals surface area contributed by atoms with E-state index in [0.717, 1.165) is 49.3 Å². The van der Waals surface area contributed by atoms with E-state index in [4.69, 9.17) is 15.2 Å². The third-order valence-corrected chi connectivity index (χ3v) is 3.80. The zero-order chi connectivity index (χ0) is 15.8. The van der Waals surface area contributed by atoms with E-state index >= 15 is 0 Å². The molecule has 1 aliphatic rings. The Kier molecular flexibility index (Phi) is 6.52. The number of hydrogen-bond acceptors (Lipinski definition) is 4. The molecule has 1 amide bonds. The van der Waals surface area contributed by atoms with E-state index in [1.807, 2.05) is 25.1 Å². The summed E-state index contributed by atoms with van der Waals surface area (Å²) in [5.41, 5.74) is 6.48. The molecule has 0 bridgehead atoms. The lowest BCUT2D eigenvalue weighted by Crippen LogP contribution is -2.26. The Labute approximate surface area is 132 Å². The standard InChI is InChI=1S/C17H26N2O3/c1-13(19-17(20)6-4-2-3-5-9-18)14-7-8-15-16(12-14)22-11-10-21-15/h7-8,12-13H,2-6,9-11,18H2,1H3,(H,19,20). The lowest BCUT2D eigenvalue weighted by molar-refractivity contribution is -0.121. The van der Waals surface area contributed by atoms with Gasteiger partial charge in [0.1, 0.15) is 13.2 Å². The molecule has 3 N–H and O–H groups in total. The smallest absolute Gasteiger partial charge is 0.220 e. The van der Waals surface area contributed by atoms with Gasteiger partial charge in [-0.1, -0.05) is 18.9 Å². The van der Waals surface area contributed by atoms with Gasteiger partial charge in [0.2, 0.25) is 5.91 Å². The Morgan fingerprint density at radius 2 is 1.91 bits per heavy atom. The molecule has 1 aromatic rings. The van der Waals surface area contributed by atoms with Gasteiger partial charge >= 0.3 is 0 Å². The van der Waals surface area contributed by atoms with Gasteiger partial charge in [0, 0.05) is 6.42 Å². The van der Waals surface area contributed by atoms with E-state index in [1.165, 1.54) is 0 Å². The minimum Gasteiger partial charge on any atom is -0.486 e. The van der Waals surface area contributed by atoms with Crippen molar-refractivity contribution in [1.82, 2.24) is 5.32 Å². The molecule has 0 radical (unpaired) electrons. The first-order valence-electron chi connectivity index (χ1n) is 8.09. The van der Waals surface area contributed by atoms with Crippen LogP contribution in [0, 0.1) is 0 Å². The fourth-order valence-electron chi connectivity index (χ4n) is 2.51. The highest BCUT2D eigenvalue weighted by atomic mass is 16.6. The quantitative estimate of drug-likeness (QED) is 0.724. The number of fused-ring (bicyclic) bond motifs is 1. The van der Waals surface area contributed by atoms with E-state index in [9.17, 15) is 4.79 Å². The second kappa shape index (κ2) is 8.63. The summed E-state index contributed by atoms with van der Waals surface area (Å²) in [4.78, 5) is 12.0. The predicted octanol–water partition coefficient (Wildman–Crippen LogP) is 2.54. The van der Waals surface area contributed by atoms with E-state index in [1.54, 1.807) is 0 Å². The topological polar surface area (TPSA) is 73.6 Å². The zero-order valence-electron chi connectivity index (χ0n) is 13.3. The predicted molar refractivity (Wildman–Crippen MR) is 86.1 cm³/mol. The average Bonchev–Trinajstić information content (AvgIpc) is 2.54. The first-order chi connectivity index (χ1) is 10.7. The van der Waals surface area contributed by atoms with E-state index in [0.29, 0.717) is 19.6 Å². The fourth-order valence-corrected chi connectivity index (χ4v) is 2.51. The first kappa shape index (κ1) is 16.6. The van der Waals surface area contributed by atoms with Crippen LogP contribution in [0.1, 0.15) is 50.6 Å². The molecular weight excluding hydrogens is 280 g/mol. The van der Waals surface area contributed by atoms with Crippen molar-refractivity contribution in [2.75, 3.05) is 19.8 Å². The Bertz CT molecular complexity index is 491. The van der Waals surface area contributed by atoms with Gasteiger partial charge in [-0.05, 0) is 44.0 Å². The normalized spacial score (nSPS) is 14.5. The van der Waals surface area contributed by atoms with Gasteiger partial charge in [0.05, 0.1) is 6.04 Å². The van der Waals surface area contributed by atoms with E-state index < -0.39 is 0 Å². The Balaban J connectivity index is 1.79. The van der Waals surface area contributed by atoms with Gasteiger partial charge in [-0.15, -0.1) is 0 Å². The van der Waals surface area contributed by atoms with Crippen molar-refractivity contribution in [3.63, 3.8) is 0 Å². The number of ether oxygens (including phenoxy) is 2. The summed E-state index contributed by atoms with van der Waals surface area (Å²) in [5.74, 6) is 1.62. The molecule has 0 fully saturated rings. The average molecular weight is 306 g/mol. The zero-order valence-corrected chi connectivity index (χ0v) is 13.3. The van der Waals surface area contributed by atoms with Crippen molar-refractivity contribution in [3.05, 3.63) is 23.8 Å². The van der Waals surface area contributed by atoms with Crippen LogP contribution in [0.15, 0.2) is 18.2 Å². The highest BCUT2D eigenvalue weighted by Crippen LogP contribution is 2.32. The molecule has 2 rings (SSSR count). The number of rotatable bonds is 8. The molecule has 22 heavy (non-hydrogen) atoms. The number of carbonyl (C=O) groups is 1. The summed E-state index contributed by atoms with van der Waals surface area (Å²) >= 11 is 0. The lowest BCUT2D eigenvalue weighted by atomic mass is 10.1. The number of unbranched alkanes of at least 4 members (excludes halogenated alkanes) is 3. The van der Waals surface area contributed by atoms with Crippen LogP contribution in [-0.4, -0.2) is 25.7 Å². The molecule has 0 aromatic heterocycles. The molecule has 1 aromatic carbocycles. The maximum atomic E-state index is 12.0. The molecule has 0 saturated carbocycles. The monoisotopic (exact) mass is 306 g/mol. The fraction of sp³-hybridized carbons (Fsp3) is 0.588. The first-order valence-corrected chi connectivity index (χ1v) is 8.09. The van der Waals surface area contributed by atoms with Crippen LogP contribution >= 0.6 is 0 Å². The van der Waals surface area contributed by atoms with Crippen LogP contribution in [0.3, 0.4) is 0 Å². The maximum Gasteiger partial charge on any atom is 0.220 e. The summed E-state index contributed by atoms with van der Waals surface area (Å²) in [6.07, 6.45) is 4.68. The molecular formula is C17H26N2O3. The Morgan fingerprint density at radius 1 is 1.18 bits per heavy atom. The van der Waals surface area contributed by atoms with Crippen LogP contribution in [0.25, 0.3) is 0 Å². The minimum absolute atomic E-state index is 0.0348. The van der Waals surface area contributed by atoms with Crippen molar-refractivity contribution in [2.45, 2.75) is 45.1 Å². The van der Waals surface area contributed by atoms with Gasteiger partial charge in [0.15, 0.2) is 11.5 Å². The van der Waals surface area contributed by atoms with Gasteiger partial charge < -0.3 is 20.5 Å². The van der Waals surface area contributed by atoms with Gasteiger partial charge in [-0.3, -0.25) is 4.79 Å². The molecule has 122 valence electrons. The highest BCUT2D eigenvalue weighted by Gasteiger charge is 2.15. The molecule has 0 aliphatic carbocycles. The Morgan fingerprint density at radius 3 is 2.68 bits per heavy atom. The van der Waals surface area contributed by atoms with Gasteiger partial charge in [-0.2, -0.15) is 0 Å². The molecule has 5 heteroatoms. The SMILES string of the molecule is CC(NC(=O)CCCCCCN)c1ccc2c(c1)OCCO2. The lowest BCUT2D eigenvalue weighted by Gasteiger charge is -2.21. The number of hydrogen-bond donors (Lipinski definition) is 2. The molecule has 5 nitrogen and oxygen atoms in total. The van der Waals surface area contributed by atoms with Crippen LogP contribution < -0.4 is 20.5 Å². The van der Waals surface area contributed by atoms with Crippen LogP contribution in [0.4, 0.5) is 0 Å². The number of nitrogens with two attached hydrogens (primary N) is 1. The molecule has 1 atom stereocenters. The third kappa shape index (κ3) is 4.91. The molecule has 1 unspecified atom stereocenters. The summed E-state index contributed by atoms with van der Waals surface area (Å²) in [7, 11) is 0. The number of amides is 1. The van der Waals surface area contributed by atoms with Crippen molar-refractivity contribution < 1.29 is 14.3 Å². The molecule has 1 aliphatic heterocycles.